The van der Waals surface area contributed by atoms with Crippen LogP contribution in [0.15, 0.2) is 10.7 Å². The van der Waals surface area contributed by atoms with Gasteiger partial charge in [0.2, 0.25) is 5.69 Å². The van der Waals surface area contributed by atoms with Crippen molar-refractivity contribution in [3.63, 3.8) is 0 Å². The van der Waals surface area contributed by atoms with Crippen LogP contribution < -0.4 is 4.57 Å². The summed E-state index contributed by atoms with van der Waals surface area (Å²) in [6.45, 7) is 20.0. The molecule has 0 amide bonds. The summed E-state index contributed by atoms with van der Waals surface area (Å²) in [5, 5.41) is 0. The van der Waals surface area contributed by atoms with E-state index >= 15 is 0 Å². The van der Waals surface area contributed by atoms with E-state index in [-0.39, 0.29) is 16.4 Å². The molecular weight excluding hydrogens is 210 g/mol. The van der Waals surface area contributed by atoms with E-state index in [0.29, 0.717) is 0 Å². The van der Waals surface area contributed by atoms with Crippen molar-refractivity contribution in [1.29, 1.82) is 0 Å². The summed E-state index contributed by atoms with van der Waals surface area (Å²) < 4.78 is 8.23. The van der Waals surface area contributed by atoms with Crippen molar-refractivity contribution in [3.05, 3.63) is 17.8 Å². The Kier molecular flexibility index (Phi) is 3.24. The molecule has 0 saturated heterocycles. The fraction of sp³-hybridized carbons (Fsp3) is 0.800. The van der Waals surface area contributed by atoms with Gasteiger partial charge in [-0.2, -0.15) is 4.57 Å². The molecular formula is C15H28NO+. The van der Waals surface area contributed by atoms with E-state index in [1.165, 1.54) is 5.69 Å². The molecule has 0 atom stereocenters. The van der Waals surface area contributed by atoms with Gasteiger partial charge in [0, 0.05) is 26.2 Å². The van der Waals surface area contributed by atoms with Crippen LogP contribution in [0.5, 0.6) is 0 Å². The van der Waals surface area contributed by atoms with Gasteiger partial charge in [-0.05, 0) is 20.8 Å². The summed E-state index contributed by atoms with van der Waals surface area (Å²) in [7, 11) is 0. The lowest BCUT2D eigenvalue weighted by molar-refractivity contribution is -0.774. The van der Waals surface area contributed by atoms with Crippen LogP contribution in [0.4, 0.5) is 0 Å². The molecule has 98 valence electrons. The minimum atomic E-state index is 0.0246. The first-order chi connectivity index (χ1) is 7.35. The number of aromatic nitrogens is 1. The molecule has 0 aliphatic heterocycles. The predicted octanol–water partition coefficient (Wildman–Crippen LogP) is 3.92. The molecule has 0 aliphatic rings. The van der Waals surface area contributed by atoms with E-state index in [1.807, 2.05) is 6.26 Å². The van der Waals surface area contributed by atoms with Gasteiger partial charge in [0.15, 0.2) is 11.8 Å². The molecule has 0 aromatic carbocycles. The van der Waals surface area contributed by atoms with E-state index in [0.717, 1.165) is 5.89 Å². The topological polar surface area (TPSA) is 17.0 Å². The molecule has 2 nitrogen and oxygen atoms in total. The summed E-state index contributed by atoms with van der Waals surface area (Å²) in [6, 6.07) is 0. The van der Waals surface area contributed by atoms with Crippen LogP contribution in [0.1, 0.15) is 73.9 Å². The van der Waals surface area contributed by atoms with Crippen molar-refractivity contribution in [2.75, 3.05) is 0 Å². The average molecular weight is 238 g/mol. The monoisotopic (exact) mass is 238 g/mol. The third kappa shape index (κ3) is 2.91. The van der Waals surface area contributed by atoms with Crippen molar-refractivity contribution in [3.8, 4) is 0 Å². The molecule has 0 radical (unpaired) electrons. The van der Waals surface area contributed by atoms with E-state index < -0.39 is 0 Å². The van der Waals surface area contributed by atoms with Gasteiger partial charge < -0.3 is 4.42 Å². The van der Waals surface area contributed by atoms with Gasteiger partial charge in [0.05, 0.1) is 5.41 Å². The Morgan fingerprint density at radius 2 is 1.29 bits per heavy atom. The lowest BCUT2D eigenvalue weighted by atomic mass is 9.89. The molecule has 17 heavy (non-hydrogen) atoms. The van der Waals surface area contributed by atoms with E-state index in [4.69, 9.17) is 4.42 Å². The second kappa shape index (κ2) is 3.86. The van der Waals surface area contributed by atoms with Crippen molar-refractivity contribution in [2.45, 2.75) is 78.7 Å². The zero-order valence-electron chi connectivity index (χ0n) is 12.9. The molecule has 1 rings (SSSR count). The maximum absolute atomic E-state index is 5.88. The predicted molar refractivity (Wildman–Crippen MR) is 71.3 cm³/mol. The number of hydrogen-bond acceptors (Lipinski definition) is 1. The molecule has 0 bridgehead atoms. The molecule has 2 heteroatoms. The molecule has 0 spiro atoms. The Hall–Kier alpha value is -0.790. The highest BCUT2D eigenvalue weighted by molar-refractivity contribution is 5.05. The highest BCUT2D eigenvalue weighted by Crippen LogP contribution is 2.28. The summed E-state index contributed by atoms with van der Waals surface area (Å²) in [6.07, 6.45) is 1.92. The maximum atomic E-state index is 5.88. The van der Waals surface area contributed by atoms with Gasteiger partial charge in [0.1, 0.15) is 0 Å². The maximum Gasteiger partial charge on any atom is 0.353 e. The number of nitrogens with zero attached hydrogens (tertiary/aromatic N) is 1. The van der Waals surface area contributed by atoms with Crippen LogP contribution in [0, 0.1) is 0 Å². The van der Waals surface area contributed by atoms with Crippen molar-refractivity contribution in [2.24, 2.45) is 0 Å². The van der Waals surface area contributed by atoms with Gasteiger partial charge in [0.25, 0.3) is 0 Å². The Morgan fingerprint density at radius 1 is 0.824 bits per heavy atom. The SMILES string of the molecule is CC(C)(C)c1coc(C(C)(C)C)[n+]1C(C)(C)C. The fourth-order valence-electron chi connectivity index (χ4n) is 2.02. The van der Waals surface area contributed by atoms with E-state index in [2.05, 4.69) is 66.9 Å². The zero-order valence-corrected chi connectivity index (χ0v) is 12.9. The Balaban J connectivity index is 3.53. The summed E-state index contributed by atoms with van der Waals surface area (Å²) >= 11 is 0. The first-order valence-corrected chi connectivity index (χ1v) is 6.40. The van der Waals surface area contributed by atoms with Gasteiger partial charge in [-0.15, -0.1) is 0 Å². The van der Waals surface area contributed by atoms with Crippen molar-refractivity contribution in [1.82, 2.24) is 0 Å². The number of hydrogen-bond donors (Lipinski definition) is 0. The fourth-order valence-corrected chi connectivity index (χ4v) is 2.02. The van der Waals surface area contributed by atoms with Crippen molar-refractivity contribution >= 4 is 0 Å². The Bertz CT molecular complexity index is 363. The summed E-state index contributed by atoms with van der Waals surface area (Å²) in [4.78, 5) is 0. The van der Waals surface area contributed by atoms with Crippen LogP contribution in [0.3, 0.4) is 0 Å². The Labute approximate surface area is 106 Å². The van der Waals surface area contributed by atoms with Gasteiger partial charge in [-0.1, -0.05) is 20.8 Å². The molecule has 1 aromatic heterocycles. The first-order valence-electron chi connectivity index (χ1n) is 6.40. The third-order valence-corrected chi connectivity index (χ3v) is 2.81. The quantitative estimate of drug-likeness (QED) is 0.626. The minimum absolute atomic E-state index is 0.0246. The standard InChI is InChI=1S/C15H28NO/c1-13(2,3)11-10-17-12(14(4,5)6)16(11)15(7,8)9/h10H,1-9H3/q+1. The second-order valence-corrected chi connectivity index (χ2v) is 7.93. The highest BCUT2D eigenvalue weighted by atomic mass is 16.3. The van der Waals surface area contributed by atoms with Crippen molar-refractivity contribution < 1.29 is 8.98 Å². The van der Waals surface area contributed by atoms with Crippen LogP contribution in [-0.2, 0) is 16.4 Å². The molecule has 0 saturated carbocycles. The van der Waals surface area contributed by atoms with Gasteiger partial charge in [-0.25, -0.2) is 0 Å². The van der Waals surface area contributed by atoms with Crippen LogP contribution >= 0.6 is 0 Å². The highest BCUT2D eigenvalue weighted by Gasteiger charge is 2.42. The number of oxazole rings is 1. The third-order valence-electron chi connectivity index (χ3n) is 2.81. The van der Waals surface area contributed by atoms with Gasteiger partial charge in [-0.3, -0.25) is 0 Å². The normalized spacial score (nSPS) is 14.2. The molecule has 0 N–H and O–H groups in total. The summed E-state index contributed by atoms with van der Waals surface area (Å²) in [5.41, 5.74) is 1.42. The lowest BCUT2D eigenvalue weighted by Gasteiger charge is -2.23. The molecule has 1 aromatic rings. The first kappa shape index (κ1) is 14.3. The van der Waals surface area contributed by atoms with Crippen LogP contribution in [-0.4, -0.2) is 0 Å². The molecule has 1 heterocycles. The second-order valence-electron chi connectivity index (χ2n) is 7.93. The Morgan fingerprint density at radius 3 is 1.59 bits per heavy atom. The number of rotatable bonds is 0. The van der Waals surface area contributed by atoms with Crippen LogP contribution in [0.2, 0.25) is 0 Å². The smallest absolute Gasteiger partial charge is 0.353 e. The molecule has 0 fully saturated rings. The molecule has 0 unspecified atom stereocenters. The average Bonchev–Trinajstić information content (AvgIpc) is 2.42. The lowest BCUT2D eigenvalue weighted by Crippen LogP contribution is -2.58. The largest absolute Gasteiger partial charge is 0.409 e. The van der Waals surface area contributed by atoms with Crippen LogP contribution in [0.25, 0.3) is 0 Å². The van der Waals surface area contributed by atoms with E-state index in [9.17, 15) is 0 Å². The summed E-state index contributed by atoms with van der Waals surface area (Å²) in [5.74, 6) is 1.05. The van der Waals surface area contributed by atoms with E-state index in [1.54, 1.807) is 0 Å². The van der Waals surface area contributed by atoms with Gasteiger partial charge >= 0.3 is 5.89 Å². The minimum Gasteiger partial charge on any atom is -0.409 e. The zero-order chi connectivity index (χ0) is 13.6. The molecule has 0 aliphatic carbocycles.